The van der Waals surface area contributed by atoms with Crippen LogP contribution in [0, 0.1) is 0 Å². The lowest BCUT2D eigenvalue weighted by Crippen LogP contribution is -2.45. The maximum absolute atomic E-state index is 11.7. The highest BCUT2D eigenvalue weighted by molar-refractivity contribution is 5.94. The Bertz CT molecular complexity index is 580. The lowest BCUT2D eigenvalue weighted by atomic mass is 10.0. The van der Waals surface area contributed by atoms with Gasteiger partial charge in [0, 0.05) is 39.4 Å². The molecular weight excluding hydrogens is 304 g/mol. The Hall–Kier alpha value is -2.08. The topological polar surface area (TPSA) is 74.8 Å². The Morgan fingerprint density at radius 1 is 1.38 bits per heavy atom. The zero-order chi connectivity index (χ0) is 17.4. The number of nitrogens with one attached hydrogen (secondary N) is 3. The first-order valence-electron chi connectivity index (χ1n) is 8.46. The molecule has 1 amide bonds. The molecule has 1 saturated heterocycles. The number of benzene rings is 1. The molecule has 0 bridgehead atoms. The molecule has 1 atom stereocenters. The van der Waals surface area contributed by atoms with Crippen molar-refractivity contribution in [2.75, 3.05) is 33.8 Å². The molecule has 6 nitrogen and oxygen atoms in total. The zero-order valence-corrected chi connectivity index (χ0v) is 14.8. The van der Waals surface area contributed by atoms with Crippen LogP contribution < -0.4 is 16.0 Å². The van der Waals surface area contributed by atoms with Crippen LogP contribution in [0.25, 0.3) is 0 Å². The Balaban J connectivity index is 1.78. The predicted molar refractivity (Wildman–Crippen MR) is 96.5 cm³/mol. The fraction of sp³-hybridized carbons (Fsp3) is 0.556. The second kappa shape index (κ2) is 8.68. The van der Waals surface area contributed by atoms with Crippen LogP contribution in [0.1, 0.15) is 35.7 Å². The fourth-order valence-electron chi connectivity index (χ4n) is 2.81. The van der Waals surface area contributed by atoms with Gasteiger partial charge in [-0.25, -0.2) is 0 Å². The van der Waals surface area contributed by atoms with E-state index in [9.17, 15) is 4.79 Å². The lowest BCUT2D eigenvalue weighted by Gasteiger charge is -2.24. The average Bonchev–Trinajstić information content (AvgIpc) is 3.04. The number of hydrogen-bond donors (Lipinski definition) is 3. The first-order valence-corrected chi connectivity index (χ1v) is 8.46. The summed E-state index contributed by atoms with van der Waals surface area (Å²) in [6.45, 7) is 4.46. The van der Waals surface area contributed by atoms with E-state index in [2.05, 4.69) is 27.9 Å². The summed E-state index contributed by atoms with van der Waals surface area (Å²) in [6.07, 6.45) is 3.01. The molecule has 1 unspecified atom stereocenters. The van der Waals surface area contributed by atoms with Crippen molar-refractivity contribution < 1.29 is 9.53 Å². The van der Waals surface area contributed by atoms with Crippen LogP contribution in [0.2, 0.25) is 0 Å². The monoisotopic (exact) mass is 332 g/mol. The first-order chi connectivity index (χ1) is 11.6. The third-order valence-electron chi connectivity index (χ3n) is 4.28. The van der Waals surface area contributed by atoms with Crippen LogP contribution in [0.15, 0.2) is 29.3 Å². The predicted octanol–water partition coefficient (Wildman–Crippen LogP) is 1.32. The minimum atomic E-state index is -0.0978. The maximum atomic E-state index is 11.7. The van der Waals surface area contributed by atoms with Crippen molar-refractivity contribution in [1.82, 2.24) is 16.0 Å². The molecule has 1 heterocycles. The van der Waals surface area contributed by atoms with E-state index in [-0.39, 0.29) is 11.5 Å². The zero-order valence-electron chi connectivity index (χ0n) is 14.8. The summed E-state index contributed by atoms with van der Waals surface area (Å²) >= 11 is 0. The van der Waals surface area contributed by atoms with E-state index in [0.29, 0.717) is 5.56 Å². The molecule has 0 saturated carbocycles. The van der Waals surface area contributed by atoms with Crippen molar-refractivity contribution in [3.8, 4) is 0 Å². The molecule has 6 heteroatoms. The molecule has 3 N–H and O–H groups in total. The molecular formula is C18H28N4O2. The number of amides is 1. The summed E-state index contributed by atoms with van der Waals surface area (Å²) in [5, 5.41) is 9.27. The Morgan fingerprint density at radius 2 is 2.21 bits per heavy atom. The minimum Gasteiger partial charge on any atom is -0.373 e. The van der Waals surface area contributed by atoms with E-state index >= 15 is 0 Å². The number of carbonyl (C=O) groups excluding carboxylic acids is 1. The van der Waals surface area contributed by atoms with Gasteiger partial charge in [0.15, 0.2) is 5.96 Å². The number of carbonyl (C=O) groups is 1. The number of rotatable bonds is 6. The summed E-state index contributed by atoms with van der Waals surface area (Å²) in [7, 11) is 3.40. The molecule has 0 aromatic heterocycles. The van der Waals surface area contributed by atoms with Crippen molar-refractivity contribution in [2.45, 2.75) is 31.8 Å². The van der Waals surface area contributed by atoms with Gasteiger partial charge in [-0.1, -0.05) is 12.1 Å². The van der Waals surface area contributed by atoms with Crippen molar-refractivity contribution in [1.29, 1.82) is 0 Å². The number of ether oxygens (including phenoxy) is 1. The molecule has 132 valence electrons. The van der Waals surface area contributed by atoms with E-state index < -0.39 is 0 Å². The third-order valence-corrected chi connectivity index (χ3v) is 4.28. The van der Waals surface area contributed by atoms with Gasteiger partial charge >= 0.3 is 0 Å². The molecule has 0 aliphatic carbocycles. The smallest absolute Gasteiger partial charge is 0.251 e. The summed E-state index contributed by atoms with van der Waals surface area (Å²) in [5.41, 5.74) is 1.70. The second-order valence-electron chi connectivity index (χ2n) is 6.28. The Labute approximate surface area is 144 Å². The highest BCUT2D eigenvalue weighted by Crippen LogP contribution is 2.23. The van der Waals surface area contributed by atoms with Gasteiger partial charge in [-0.05, 0) is 43.9 Å². The largest absolute Gasteiger partial charge is 0.373 e. The molecule has 1 aromatic carbocycles. The van der Waals surface area contributed by atoms with Gasteiger partial charge in [0.2, 0.25) is 0 Å². The lowest BCUT2D eigenvalue weighted by molar-refractivity contribution is 0.0243. The Kier molecular flexibility index (Phi) is 6.61. The number of guanidine groups is 1. The SMILES string of the molecule is CN=C(NCCc1cccc(C(=O)NC)c1)NCC1(C)CCCO1. The molecule has 2 rings (SSSR count). The van der Waals surface area contributed by atoms with Gasteiger partial charge < -0.3 is 20.7 Å². The van der Waals surface area contributed by atoms with E-state index in [0.717, 1.165) is 50.5 Å². The fourth-order valence-corrected chi connectivity index (χ4v) is 2.81. The maximum Gasteiger partial charge on any atom is 0.251 e. The molecule has 1 aliphatic heterocycles. The Morgan fingerprint density at radius 3 is 2.88 bits per heavy atom. The quantitative estimate of drug-likeness (QED) is 0.543. The van der Waals surface area contributed by atoms with Crippen molar-refractivity contribution in [3.63, 3.8) is 0 Å². The van der Waals surface area contributed by atoms with Crippen LogP contribution in [0.4, 0.5) is 0 Å². The number of hydrogen-bond acceptors (Lipinski definition) is 3. The molecule has 0 spiro atoms. The number of aliphatic imine (C=N–C) groups is 1. The standard InChI is InChI=1S/C18H28N4O2/c1-18(9-5-11-24-18)13-22-17(20-3)21-10-8-14-6-4-7-15(12-14)16(23)19-2/h4,6-7,12H,5,8-11,13H2,1-3H3,(H,19,23)(H2,20,21,22). The highest BCUT2D eigenvalue weighted by Gasteiger charge is 2.29. The van der Waals surface area contributed by atoms with Gasteiger partial charge in [-0.3, -0.25) is 9.79 Å². The third kappa shape index (κ3) is 5.23. The number of nitrogens with zero attached hydrogens (tertiary/aromatic N) is 1. The summed E-state index contributed by atoms with van der Waals surface area (Å²) < 4.78 is 5.77. The van der Waals surface area contributed by atoms with Crippen LogP contribution in [-0.4, -0.2) is 51.3 Å². The van der Waals surface area contributed by atoms with Crippen molar-refractivity contribution >= 4 is 11.9 Å². The summed E-state index contributed by atoms with van der Waals surface area (Å²) in [4.78, 5) is 15.9. The van der Waals surface area contributed by atoms with Crippen LogP contribution in [-0.2, 0) is 11.2 Å². The van der Waals surface area contributed by atoms with Gasteiger partial charge in [0.25, 0.3) is 5.91 Å². The van der Waals surface area contributed by atoms with Gasteiger partial charge in [-0.2, -0.15) is 0 Å². The second-order valence-corrected chi connectivity index (χ2v) is 6.28. The normalized spacial score (nSPS) is 20.7. The van der Waals surface area contributed by atoms with Gasteiger partial charge in [0.1, 0.15) is 0 Å². The summed E-state index contributed by atoms with van der Waals surface area (Å²) in [6, 6.07) is 7.67. The van der Waals surface area contributed by atoms with Gasteiger partial charge in [0.05, 0.1) is 5.60 Å². The van der Waals surface area contributed by atoms with E-state index in [1.165, 1.54) is 0 Å². The first kappa shape index (κ1) is 18.3. The molecule has 1 aromatic rings. The average molecular weight is 332 g/mol. The highest BCUT2D eigenvalue weighted by atomic mass is 16.5. The molecule has 1 fully saturated rings. The molecule has 0 radical (unpaired) electrons. The minimum absolute atomic E-state index is 0.0629. The van der Waals surface area contributed by atoms with Crippen LogP contribution in [0.3, 0.4) is 0 Å². The van der Waals surface area contributed by atoms with Crippen LogP contribution >= 0.6 is 0 Å². The van der Waals surface area contributed by atoms with E-state index in [1.807, 2.05) is 24.3 Å². The van der Waals surface area contributed by atoms with Crippen molar-refractivity contribution in [2.24, 2.45) is 4.99 Å². The molecule has 1 aliphatic rings. The van der Waals surface area contributed by atoms with Gasteiger partial charge in [-0.15, -0.1) is 0 Å². The van der Waals surface area contributed by atoms with E-state index in [1.54, 1.807) is 14.1 Å². The van der Waals surface area contributed by atoms with E-state index in [4.69, 9.17) is 4.74 Å². The van der Waals surface area contributed by atoms with Crippen LogP contribution in [0.5, 0.6) is 0 Å². The summed E-state index contributed by atoms with van der Waals surface area (Å²) in [5.74, 6) is 0.710. The van der Waals surface area contributed by atoms with Crippen molar-refractivity contribution in [3.05, 3.63) is 35.4 Å². The molecule has 24 heavy (non-hydrogen) atoms.